The molecule has 3 nitrogen and oxygen atoms in total. The molecule has 160 valence electrons. The molecule has 3 aliphatic rings. The number of aryl methyl sites for hydroxylation is 1. The van der Waals surface area contributed by atoms with E-state index in [1.807, 2.05) is 0 Å². The quantitative estimate of drug-likeness (QED) is 0.292. The van der Waals surface area contributed by atoms with E-state index in [1.165, 1.54) is 65.8 Å². The molecular formula is C29H29N3. The Bertz CT molecular complexity index is 1370. The molecule has 3 aromatic carbocycles. The van der Waals surface area contributed by atoms with Crippen LogP contribution in [-0.2, 0) is 11.8 Å². The SMILES string of the molecule is Cc1cc2c(cc1N1c3ccccc3C3(CCCCC3)C1C)nc1n2-c2ccccc2C1. The first-order chi connectivity index (χ1) is 15.7. The maximum atomic E-state index is 5.10. The number of hydrogen-bond donors (Lipinski definition) is 0. The number of fused-ring (bicyclic) bond motifs is 7. The molecule has 0 amide bonds. The van der Waals surface area contributed by atoms with Gasteiger partial charge >= 0.3 is 0 Å². The maximum absolute atomic E-state index is 5.10. The maximum Gasteiger partial charge on any atom is 0.118 e. The Balaban J connectivity index is 1.41. The van der Waals surface area contributed by atoms with Gasteiger partial charge in [-0.1, -0.05) is 55.7 Å². The normalized spacial score (nSPS) is 20.6. The van der Waals surface area contributed by atoms with Gasteiger partial charge in [-0.2, -0.15) is 0 Å². The molecule has 1 aliphatic carbocycles. The van der Waals surface area contributed by atoms with Gasteiger partial charge in [0, 0.05) is 29.3 Å². The summed E-state index contributed by atoms with van der Waals surface area (Å²) in [5.74, 6) is 1.16. The minimum Gasteiger partial charge on any atom is -0.337 e. The van der Waals surface area contributed by atoms with Gasteiger partial charge < -0.3 is 4.90 Å². The Kier molecular flexibility index (Phi) is 3.74. The van der Waals surface area contributed by atoms with Crippen molar-refractivity contribution in [1.29, 1.82) is 0 Å². The van der Waals surface area contributed by atoms with Crippen LogP contribution in [0.2, 0.25) is 0 Å². The van der Waals surface area contributed by atoms with Gasteiger partial charge in [0.05, 0.1) is 16.7 Å². The molecule has 1 fully saturated rings. The molecule has 2 aliphatic heterocycles. The van der Waals surface area contributed by atoms with E-state index in [0.717, 1.165) is 17.8 Å². The zero-order chi connectivity index (χ0) is 21.4. The summed E-state index contributed by atoms with van der Waals surface area (Å²) < 4.78 is 2.37. The van der Waals surface area contributed by atoms with E-state index in [9.17, 15) is 0 Å². The third-order valence-corrected chi connectivity index (χ3v) is 8.52. The van der Waals surface area contributed by atoms with E-state index in [1.54, 1.807) is 5.56 Å². The van der Waals surface area contributed by atoms with Crippen LogP contribution in [0.25, 0.3) is 16.7 Å². The van der Waals surface area contributed by atoms with Gasteiger partial charge in [0.25, 0.3) is 0 Å². The van der Waals surface area contributed by atoms with Crippen LogP contribution in [0.5, 0.6) is 0 Å². The van der Waals surface area contributed by atoms with Crippen LogP contribution in [0.1, 0.15) is 61.5 Å². The molecule has 0 N–H and O–H groups in total. The van der Waals surface area contributed by atoms with Crippen molar-refractivity contribution in [1.82, 2.24) is 9.55 Å². The number of anilines is 2. The minimum absolute atomic E-state index is 0.283. The number of hydrogen-bond acceptors (Lipinski definition) is 2. The molecule has 4 aromatic rings. The molecule has 3 heteroatoms. The summed E-state index contributed by atoms with van der Waals surface area (Å²) >= 11 is 0. The Hall–Kier alpha value is -3.07. The standard InChI is InChI=1S/C29H29N3/c1-19-16-27-23(30-28-17-21-10-4-6-12-24(21)32(27)28)18-26(19)31-20(2)29(14-8-3-9-15-29)22-11-5-7-13-25(22)31/h4-7,10-13,16,18,20H,3,8-9,14-15,17H2,1-2H3. The molecule has 3 heterocycles. The predicted molar refractivity (Wildman–Crippen MR) is 131 cm³/mol. The highest BCUT2D eigenvalue weighted by Gasteiger charge is 2.49. The van der Waals surface area contributed by atoms with Crippen LogP contribution in [-0.4, -0.2) is 15.6 Å². The van der Waals surface area contributed by atoms with E-state index >= 15 is 0 Å². The van der Waals surface area contributed by atoms with Gasteiger partial charge in [-0.25, -0.2) is 4.98 Å². The molecule has 1 aromatic heterocycles. The summed E-state index contributed by atoms with van der Waals surface area (Å²) in [6.45, 7) is 4.73. The van der Waals surface area contributed by atoms with E-state index in [4.69, 9.17) is 4.98 Å². The average molecular weight is 420 g/mol. The van der Waals surface area contributed by atoms with Crippen molar-refractivity contribution < 1.29 is 0 Å². The van der Waals surface area contributed by atoms with E-state index < -0.39 is 0 Å². The summed E-state index contributed by atoms with van der Waals surface area (Å²) in [5, 5.41) is 0. The van der Waals surface area contributed by atoms with Crippen molar-refractivity contribution in [2.45, 2.75) is 63.8 Å². The monoisotopic (exact) mass is 419 g/mol. The van der Waals surface area contributed by atoms with Crippen molar-refractivity contribution >= 4 is 22.4 Å². The third-order valence-electron chi connectivity index (χ3n) is 8.52. The van der Waals surface area contributed by atoms with Crippen LogP contribution in [0, 0.1) is 6.92 Å². The summed E-state index contributed by atoms with van der Waals surface area (Å²) in [6.07, 6.45) is 7.60. The highest BCUT2D eigenvalue weighted by molar-refractivity contribution is 5.88. The molecule has 1 saturated carbocycles. The van der Waals surface area contributed by atoms with Gasteiger partial charge in [-0.05, 0) is 67.6 Å². The van der Waals surface area contributed by atoms with E-state index in [2.05, 4.69) is 84.0 Å². The number of aromatic nitrogens is 2. The van der Waals surface area contributed by atoms with Crippen LogP contribution in [0.4, 0.5) is 11.4 Å². The van der Waals surface area contributed by atoms with Crippen molar-refractivity contribution in [3.63, 3.8) is 0 Å². The van der Waals surface area contributed by atoms with Crippen molar-refractivity contribution in [2.75, 3.05) is 4.90 Å². The number of benzene rings is 3. The summed E-state index contributed by atoms with van der Waals surface area (Å²) in [4.78, 5) is 7.74. The summed E-state index contributed by atoms with van der Waals surface area (Å²) in [6, 6.07) is 23.1. The van der Waals surface area contributed by atoms with Gasteiger partial charge in [0.15, 0.2) is 0 Å². The van der Waals surface area contributed by atoms with E-state index in [0.29, 0.717) is 6.04 Å². The second-order valence-corrected chi connectivity index (χ2v) is 10.1. The summed E-state index contributed by atoms with van der Waals surface area (Å²) in [5.41, 5.74) is 10.9. The number of nitrogens with zero attached hydrogens (tertiary/aromatic N) is 3. The Labute approximate surface area is 189 Å². The largest absolute Gasteiger partial charge is 0.337 e. The topological polar surface area (TPSA) is 21.1 Å². The van der Waals surface area contributed by atoms with Gasteiger partial charge in [-0.3, -0.25) is 4.57 Å². The Morgan fingerprint density at radius 2 is 1.62 bits per heavy atom. The lowest BCUT2D eigenvalue weighted by Crippen LogP contribution is -2.42. The number of imidazole rings is 1. The molecule has 7 rings (SSSR count). The van der Waals surface area contributed by atoms with Gasteiger partial charge in [-0.15, -0.1) is 0 Å². The third kappa shape index (κ3) is 2.29. The zero-order valence-electron chi connectivity index (χ0n) is 18.9. The zero-order valence-corrected chi connectivity index (χ0v) is 18.9. The van der Waals surface area contributed by atoms with Crippen molar-refractivity contribution in [3.05, 3.63) is 83.2 Å². The average Bonchev–Trinajstić information content (AvgIpc) is 3.42. The molecule has 0 radical (unpaired) electrons. The molecule has 1 atom stereocenters. The second-order valence-electron chi connectivity index (χ2n) is 10.1. The highest BCUT2D eigenvalue weighted by Crippen LogP contribution is 2.55. The fourth-order valence-corrected chi connectivity index (χ4v) is 6.96. The second kappa shape index (κ2) is 6.48. The molecular weight excluding hydrogens is 390 g/mol. The molecule has 32 heavy (non-hydrogen) atoms. The molecule has 0 bridgehead atoms. The van der Waals surface area contributed by atoms with E-state index in [-0.39, 0.29) is 5.41 Å². The Morgan fingerprint density at radius 1 is 0.875 bits per heavy atom. The van der Waals surface area contributed by atoms with Crippen molar-refractivity contribution in [2.24, 2.45) is 0 Å². The minimum atomic E-state index is 0.283. The number of para-hydroxylation sites is 2. The first-order valence-electron chi connectivity index (χ1n) is 12.2. The van der Waals surface area contributed by atoms with Crippen LogP contribution in [0.3, 0.4) is 0 Å². The fraction of sp³-hybridized carbons (Fsp3) is 0.345. The fourth-order valence-electron chi connectivity index (χ4n) is 6.96. The van der Waals surface area contributed by atoms with Crippen LogP contribution < -0.4 is 4.90 Å². The summed E-state index contributed by atoms with van der Waals surface area (Å²) in [7, 11) is 0. The smallest absolute Gasteiger partial charge is 0.118 e. The Morgan fingerprint density at radius 3 is 2.47 bits per heavy atom. The van der Waals surface area contributed by atoms with Crippen LogP contribution in [0.15, 0.2) is 60.7 Å². The number of rotatable bonds is 1. The lowest BCUT2D eigenvalue weighted by atomic mass is 9.67. The van der Waals surface area contributed by atoms with Gasteiger partial charge in [0.2, 0.25) is 0 Å². The molecule has 0 saturated heterocycles. The first-order valence-corrected chi connectivity index (χ1v) is 12.2. The lowest BCUT2D eigenvalue weighted by molar-refractivity contribution is 0.268. The molecule has 1 unspecified atom stereocenters. The molecule has 1 spiro atoms. The first kappa shape index (κ1) is 18.5. The highest BCUT2D eigenvalue weighted by atomic mass is 15.2. The van der Waals surface area contributed by atoms with Gasteiger partial charge in [0.1, 0.15) is 5.82 Å². The predicted octanol–water partition coefficient (Wildman–Crippen LogP) is 6.98. The van der Waals surface area contributed by atoms with Crippen LogP contribution >= 0.6 is 0 Å². The lowest BCUT2D eigenvalue weighted by Gasteiger charge is -2.40. The van der Waals surface area contributed by atoms with Crippen molar-refractivity contribution in [3.8, 4) is 5.69 Å².